The van der Waals surface area contributed by atoms with Crippen molar-refractivity contribution < 1.29 is 19.8 Å². The fourth-order valence-electron chi connectivity index (χ4n) is 4.60. The van der Waals surface area contributed by atoms with Crippen molar-refractivity contribution in [1.82, 2.24) is 0 Å². The van der Waals surface area contributed by atoms with Gasteiger partial charge in [-0.2, -0.15) is 0 Å². The van der Waals surface area contributed by atoms with Gasteiger partial charge in [-0.15, -0.1) is 0 Å². The van der Waals surface area contributed by atoms with Crippen molar-refractivity contribution in [1.29, 1.82) is 0 Å². The van der Waals surface area contributed by atoms with Crippen molar-refractivity contribution in [2.75, 3.05) is 0 Å². The van der Waals surface area contributed by atoms with Crippen LogP contribution in [-0.4, -0.2) is 22.2 Å². The second kappa shape index (κ2) is 11.5. The summed E-state index contributed by atoms with van der Waals surface area (Å²) in [5.74, 6) is -1.87. The zero-order chi connectivity index (χ0) is 28.3. The molecule has 37 heavy (non-hydrogen) atoms. The largest absolute Gasteiger partial charge is 0.478 e. The molecule has 200 valence electrons. The van der Waals surface area contributed by atoms with Gasteiger partial charge in [0.1, 0.15) is 0 Å². The van der Waals surface area contributed by atoms with Gasteiger partial charge in [0.2, 0.25) is 0 Å². The molecule has 0 aliphatic heterocycles. The minimum atomic E-state index is -0.936. The Hall–Kier alpha value is -3.14. The second-order valence-electron chi connectivity index (χ2n) is 12.1. The van der Waals surface area contributed by atoms with E-state index in [1.165, 1.54) is 11.1 Å². The maximum Gasteiger partial charge on any atom is 0.331 e. The third kappa shape index (κ3) is 7.44. The SMILES string of the molecule is CCc1cc(Cc2cc(CC)cc(C(C)(C)C)c2C=C(C)C(=O)O)c(C=C(C)C(=O)O)c(C(C)(C)C)c1. The summed E-state index contributed by atoms with van der Waals surface area (Å²) in [5.41, 5.74) is 8.82. The van der Waals surface area contributed by atoms with E-state index in [-0.39, 0.29) is 22.0 Å². The predicted molar refractivity (Wildman–Crippen MR) is 154 cm³/mol. The Bertz CT molecular complexity index is 1150. The van der Waals surface area contributed by atoms with Crippen LogP contribution in [0.1, 0.15) is 114 Å². The van der Waals surface area contributed by atoms with Crippen LogP contribution in [0, 0.1) is 0 Å². The molecule has 0 saturated carbocycles. The number of benzene rings is 2. The summed E-state index contributed by atoms with van der Waals surface area (Å²) in [6.07, 6.45) is 5.90. The predicted octanol–water partition coefficient (Wildman–Crippen LogP) is 7.97. The number of hydrogen-bond acceptors (Lipinski definition) is 2. The molecular weight excluding hydrogens is 460 g/mol. The van der Waals surface area contributed by atoms with Crippen LogP contribution >= 0.6 is 0 Å². The first-order valence-electron chi connectivity index (χ1n) is 13.1. The highest BCUT2D eigenvalue weighted by Crippen LogP contribution is 2.36. The van der Waals surface area contributed by atoms with E-state index in [0.29, 0.717) is 6.42 Å². The van der Waals surface area contributed by atoms with Crippen LogP contribution < -0.4 is 0 Å². The normalized spacial score (nSPS) is 13.1. The maximum atomic E-state index is 11.8. The fraction of sp³-hybridized carbons (Fsp3) is 0.455. The molecule has 0 aromatic heterocycles. The summed E-state index contributed by atoms with van der Waals surface area (Å²) >= 11 is 0. The lowest BCUT2D eigenvalue weighted by Crippen LogP contribution is -2.17. The van der Waals surface area contributed by atoms with E-state index in [4.69, 9.17) is 0 Å². The van der Waals surface area contributed by atoms with E-state index in [1.807, 2.05) is 0 Å². The zero-order valence-electron chi connectivity index (χ0n) is 24.3. The number of aliphatic carboxylic acids is 2. The van der Waals surface area contributed by atoms with Crippen LogP contribution in [0.2, 0.25) is 0 Å². The van der Waals surface area contributed by atoms with E-state index >= 15 is 0 Å². The topological polar surface area (TPSA) is 74.6 Å². The maximum absolute atomic E-state index is 11.8. The minimum Gasteiger partial charge on any atom is -0.478 e. The third-order valence-corrected chi connectivity index (χ3v) is 6.86. The minimum absolute atomic E-state index is 0.186. The first kappa shape index (κ1) is 30.1. The Morgan fingerprint density at radius 3 is 1.24 bits per heavy atom. The van der Waals surface area contributed by atoms with Crippen LogP contribution in [0.4, 0.5) is 0 Å². The van der Waals surface area contributed by atoms with E-state index in [9.17, 15) is 19.8 Å². The van der Waals surface area contributed by atoms with Crippen molar-refractivity contribution in [3.8, 4) is 0 Å². The van der Waals surface area contributed by atoms with Gasteiger partial charge in [0.05, 0.1) is 0 Å². The molecule has 0 heterocycles. The van der Waals surface area contributed by atoms with Gasteiger partial charge >= 0.3 is 11.9 Å². The number of rotatable bonds is 8. The Labute approximate surface area is 223 Å². The third-order valence-electron chi connectivity index (χ3n) is 6.86. The van der Waals surface area contributed by atoms with E-state index in [2.05, 4.69) is 79.7 Å². The molecule has 0 fully saturated rings. The van der Waals surface area contributed by atoms with Crippen LogP contribution in [0.15, 0.2) is 35.4 Å². The molecule has 2 N–H and O–H groups in total. The van der Waals surface area contributed by atoms with Gasteiger partial charge in [-0.1, -0.05) is 79.7 Å². The molecule has 0 amide bonds. The molecule has 0 spiro atoms. The number of aryl methyl sites for hydroxylation is 2. The van der Waals surface area contributed by atoms with Crippen LogP contribution in [0.5, 0.6) is 0 Å². The quantitative estimate of drug-likeness (QED) is 0.357. The van der Waals surface area contributed by atoms with Gasteiger partial charge in [0.15, 0.2) is 0 Å². The average Bonchev–Trinajstić information content (AvgIpc) is 2.78. The van der Waals surface area contributed by atoms with Crippen LogP contribution in [0.25, 0.3) is 12.2 Å². The van der Waals surface area contributed by atoms with Gasteiger partial charge in [-0.3, -0.25) is 0 Å². The van der Waals surface area contributed by atoms with Gasteiger partial charge in [0, 0.05) is 11.1 Å². The fourth-order valence-corrected chi connectivity index (χ4v) is 4.60. The summed E-state index contributed by atoms with van der Waals surface area (Å²) in [7, 11) is 0. The molecule has 4 heteroatoms. The molecule has 0 aliphatic carbocycles. The van der Waals surface area contributed by atoms with E-state index in [1.54, 1.807) is 26.0 Å². The molecule has 0 unspecified atom stereocenters. The van der Waals surface area contributed by atoms with Crippen molar-refractivity contribution >= 4 is 24.1 Å². The Morgan fingerprint density at radius 2 is 1.00 bits per heavy atom. The van der Waals surface area contributed by atoms with Gasteiger partial charge in [-0.25, -0.2) is 9.59 Å². The summed E-state index contributed by atoms with van der Waals surface area (Å²) in [6.45, 7) is 20.4. The summed E-state index contributed by atoms with van der Waals surface area (Å²) in [6, 6.07) is 8.76. The highest BCUT2D eigenvalue weighted by Gasteiger charge is 2.24. The monoisotopic (exact) mass is 504 g/mol. The Morgan fingerprint density at radius 1 is 0.676 bits per heavy atom. The standard InChI is InChI=1S/C33H44O4/c1-11-22-15-24(26(13-20(3)30(34)35)28(17-22)32(5,6)7)19-25-16-23(12-2)18-29(33(8,9)10)27(25)14-21(4)31(36)37/h13-18H,11-12,19H2,1-10H3,(H,34,35)(H,36,37). The molecule has 2 aromatic carbocycles. The number of carboxylic acids is 2. The van der Waals surface area contributed by atoms with Gasteiger partial charge in [0.25, 0.3) is 0 Å². The van der Waals surface area contributed by atoms with E-state index in [0.717, 1.165) is 46.2 Å². The van der Waals surface area contributed by atoms with Crippen LogP contribution in [0.3, 0.4) is 0 Å². The smallest absolute Gasteiger partial charge is 0.331 e. The Kier molecular flexibility index (Phi) is 9.35. The van der Waals surface area contributed by atoms with Crippen molar-refractivity contribution in [2.24, 2.45) is 0 Å². The van der Waals surface area contributed by atoms with Crippen LogP contribution in [-0.2, 0) is 39.7 Å². The first-order valence-corrected chi connectivity index (χ1v) is 13.1. The Balaban J connectivity index is 3.01. The number of carboxylic acid groups (broad SMARTS) is 2. The first-order chi connectivity index (χ1) is 17.0. The van der Waals surface area contributed by atoms with Crippen molar-refractivity contribution in [2.45, 2.75) is 99.3 Å². The molecule has 0 radical (unpaired) electrons. The highest BCUT2D eigenvalue weighted by molar-refractivity contribution is 5.93. The second-order valence-corrected chi connectivity index (χ2v) is 12.1. The van der Waals surface area contributed by atoms with Crippen molar-refractivity contribution in [3.05, 3.63) is 79.9 Å². The number of hydrogen-bond donors (Lipinski definition) is 2. The summed E-state index contributed by atoms with van der Waals surface area (Å²) in [5, 5.41) is 19.4. The lowest BCUT2D eigenvalue weighted by Gasteiger charge is -2.28. The lowest BCUT2D eigenvalue weighted by molar-refractivity contribution is -0.133. The molecule has 0 aliphatic rings. The molecule has 4 nitrogen and oxygen atoms in total. The number of carbonyl (C=O) groups is 2. The zero-order valence-corrected chi connectivity index (χ0v) is 24.3. The van der Waals surface area contributed by atoms with Gasteiger partial charge in [-0.05, 0) is 101 Å². The summed E-state index contributed by atoms with van der Waals surface area (Å²) < 4.78 is 0. The molecule has 2 rings (SSSR count). The highest BCUT2D eigenvalue weighted by atomic mass is 16.4. The van der Waals surface area contributed by atoms with Crippen molar-refractivity contribution in [3.63, 3.8) is 0 Å². The molecule has 0 atom stereocenters. The molecule has 0 bridgehead atoms. The summed E-state index contributed by atoms with van der Waals surface area (Å²) in [4.78, 5) is 23.6. The lowest BCUT2D eigenvalue weighted by atomic mass is 9.77. The average molecular weight is 505 g/mol. The molecular formula is C33H44O4. The van der Waals surface area contributed by atoms with Gasteiger partial charge < -0.3 is 10.2 Å². The molecule has 2 aromatic rings. The molecule has 0 saturated heterocycles. The van der Waals surface area contributed by atoms with E-state index < -0.39 is 11.9 Å².